The van der Waals surface area contributed by atoms with Gasteiger partial charge in [0.05, 0.1) is 5.56 Å². The van der Waals surface area contributed by atoms with Crippen LogP contribution in [0, 0.1) is 27.7 Å². The molecule has 0 aromatic carbocycles. The van der Waals surface area contributed by atoms with Crippen LogP contribution in [0.5, 0.6) is 0 Å². The fraction of sp³-hybridized carbons (Fsp3) is 0.389. The number of hydrogen-bond acceptors (Lipinski definition) is 4. The molecule has 2 aromatic heterocycles. The summed E-state index contributed by atoms with van der Waals surface area (Å²) < 4.78 is 44.0. The van der Waals surface area contributed by atoms with E-state index in [1.807, 2.05) is 0 Å². The fourth-order valence-electron chi connectivity index (χ4n) is 2.82. The Morgan fingerprint density at radius 2 is 1.81 bits per heavy atom. The van der Waals surface area contributed by atoms with E-state index in [1.165, 1.54) is 19.9 Å². The Balaban J connectivity index is 2.15. The maximum absolute atomic E-state index is 12.7. The summed E-state index contributed by atoms with van der Waals surface area (Å²) in [6, 6.07) is 3.00. The molecule has 2 heterocycles. The number of hydrogen-bond donors (Lipinski definition) is 0. The molecule has 0 N–H and O–H groups in total. The maximum atomic E-state index is 12.7. The lowest BCUT2D eigenvalue weighted by atomic mass is 10.1. The topological polar surface area (TPSA) is 61.2 Å². The third-order valence-electron chi connectivity index (χ3n) is 4.05. The summed E-state index contributed by atoms with van der Waals surface area (Å²) in [6.45, 7) is 4.46. The predicted molar refractivity (Wildman–Crippen MR) is 93.3 cm³/mol. The van der Waals surface area contributed by atoms with E-state index in [4.69, 9.17) is 16.3 Å². The Hall–Kier alpha value is -2.35. The Labute approximate surface area is 159 Å². The molecule has 0 aliphatic rings. The van der Waals surface area contributed by atoms with Crippen LogP contribution in [-0.2, 0) is 11.3 Å². The third-order valence-corrected chi connectivity index (χ3v) is 4.32. The highest BCUT2D eigenvalue weighted by atomic mass is 35.5. The van der Waals surface area contributed by atoms with Gasteiger partial charge in [-0.1, -0.05) is 11.6 Å². The number of carbonyl (C=O) groups excluding carboxylic acids is 2. The molecule has 0 aliphatic carbocycles. The second-order valence-electron chi connectivity index (χ2n) is 6.23. The summed E-state index contributed by atoms with van der Waals surface area (Å²) in [6.07, 6.45) is -4.41. The second kappa shape index (κ2) is 7.72. The van der Waals surface area contributed by atoms with E-state index in [1.54, 1.807) is 19.9 Å². The number of ketones is 1. The van der Waals surface area contributed by atoms with Crippen molar-refractivity contribution in [1.82, 2.24) is 9.55 Å². The van der Waals surface area contributed by atoms with E-state index in [-0.39, 0.29) is 22.0 Å². The number of rotatable bonds is 5. The van der Waals surface area contributed by atoms with Crippen LogP contribution in [-0.4, -0.2) is 34.1 Å². The number of pyridine rings is 1. The van der Waals surface area contributed by atoms with Crippen LogP contribution >= 0.6 is 11.6 Å². The van der Waals surface area contributed by atoms with Gasteiger partial charge in [0.25, 0.3) is 0 Å². The molecule has 0 radical (unpaired) electrons. The van der Waals surface area contributed by atoms with Gasteiger partial charge in [0.1, 0.15) is 11.7 Å². The number of carbonyl (C=O) groups is 2. The second-order valence-corrected chi connectivity index (χ2v) is 6.59. The monoisotopic (exact) mass is 402 g/mol. The predicted octanol–water partition coefficient (Wildman–Crippen LogP) is 4.37. The summed E-state index contributed by atoms with van der Waals surface area (Å²) in [5, 5.41) is -0.0340. The number of aromatic nitrogens is 2. The Kier molecular flexibility index (Phi) is 5.99. The lowest BCUT2D eigenvalue weighted by molar-refractivity contribution is -0.141. The van der Waals surface area contributed by atoms with Gasteiger partial charge >= 0.3 is 12.1 Å². The molecule has 0 fully saturated rings. The number of nitrogens with zero attached hydrogens (tertiary/aromatic N) is 2. The standard InChI is InChI=1S/C18H18ClF3N2O3/c1-9-5-10(2)23-16(19)15(9)17(26)27-7-14(25)13-6-11(3)24(12(13)4)8-18(20,21)22/h5-6H,7-8H2,1-4H3. The average Bonchev–Trinajstić information content (AvgIpc) is 2.78. The minimum atomic E-state index is -4.41. The first-order chi connectivity index (χ1) is 12.4. The van der Waals surface area contributed by atoms with Crippen LogP contribution in [0.4, 0.5) is 13.2 Å². The van der Waals surface area contributed by atoms with Gasteiger partial charge < -0.3 is 9.30 Å². The minimum absolute atomic E-state index is 0.0340. The van der Waals surface area contributed by atoms with Gasteiger partial charge in [-0.2, -0.15) is 13.2 Å². The van der Waals surface area contributed by atoms with Crippen molar-refractivity contribution in [3.8, 4) is 0 Å². The summed E-state index contributed by atoms with van der Waals surface area (Å²) in [5.74, 6) is -1.42. The van der Waals surface area contributed by atoms with Gasteiger partial charge in [0.15, 0.2) is 6.61 Å². The van der Waals surface area contributed by atoms with Crippen molar-refractivity contribution in [3.05, 3.63) is 51.1 Å². The molecular formula is C18H18ClF3N2O3. The molecule has 27 heavy (non-hydrogen) atoms. The highest BCUT2D eigenvalue weighted by molar-refractivity contribution is 6.32. The molecule has 0 atom stereocenters. The lowest BCUT2D eigenvalue weighted by Gasteiger charge is -2.12. The van der Waals surface area contributed by atoms with Gasteiger partial charge in [-0.25, -0.2) is 9.78 Å². The van der Waals surface area contributed by atoms with Gasteiger partial charge in [-0.3, -0.25) is 4.79 Å². The smallest absolute Gasteiger partial charge is 0.406 e. The van der Waals surface area contributed by atoms with Gasteiger partial charge in [0, 0.05) is 22.6 Å². The van der Waals surface area contributed by atoms with Gasteiger partial charge in [-0.15, -0.1) is 0 Å². The van der Waals surface area contributed by atoms with E-state index >= 15 is 0 Å². The molecule has 0 amide bonds. The molecule has 5 nitrogen and oxygen atoms in total. The van der Waals surface area contributed by atoms with Crippen LogP contribution in [0.1, 0.15) is 43.4 Å². The van der Waals surface area contributed by atoms with Crippen molar-refractivity contribution < 1.29 is 27.5 Å². The van der Waals surface area contributed by atoms with Crippen molar-refractivity contribution in [3.63, 3.8) is 0 Å². The number of halogens is 4. The molecule has 0 bridgehead atoms. The van der Waals surface area contributed by atoms with Crippen LogP contribution in [0.2, 0.25) is 5.15 Å². The molecule has 146 valence electrons. The third kappa shape index (κ3) is 4.88. The molecule has 0 aliphatic heterocycles. The van der Waals surface area contributed by atoms with Crippen molar-refractivity contribution in [2.75, 3.05) is 6.61 Å². The molecule has 0 saturated carbocycles. The molecule has 2 rings (SSSR count). The Morgan fingerprint density at radius 3 is 2.37 bits per heavy atom. The first-order valence-corrected chi connectivity index (χ1v) is 8.36. The summed E-state index contributed by atoms with van der Waals surface area (Å²) >= 11 is 5.97. The summed E-state index contributed by atoms with van der Waals surface area (Å²) in [4.78, 5) is 28.5. The zero-order valence-corrected chi connectivity index (χ0v) is 16.0. The van der Waals surface area contributed by atoms with Crippen LogP contribution in [0.3, 0.4) is 0 Å². The molecule has 2 aromatic rings. The zero-order chi connectivity index (χ0) is 20.5. The quantitative estimate of drug-likeness (QED) is 0.423. The van der Waals surface area contributed by atoms with Crippen molar-refractivity contribution in [2.45, 2.75) is 40.4 Å². The molecule has 9 heteroatoms. The maximum Gasteiger partial charge on any atom is 0.406 e. The van der Waals surface area contributed by atoms with Crippen LogP contribution in [0.15, 0.2) is 12.1 Å². The SMILES string of the molecule is Cc1cc(C)c(C(=O)OCC(=O)c2cc(C)n(CC(F)(F)F)c2C)c(Cl)n1. The number of Topliss-reactive ketones (excluding diaryl/α,β-unsaturated/α-hetero) is 1. The molecule has 0 unspecified atom stereocenters. The van der Waals surface area contributed by atoms with Crippen molar-refractivity contribution >= 4 is 23.4 Å². The highest BCUT2D eigenvalue weighted by Crippen LogP contribution is 2.24. The molecule has 0 saturated heterocycles. The number of aryl methyl sites for hydroxylation is 3. The average molecular weight is 403 g/mol. The number of esters is 1. The van der Waals surface area contributed by atoms with E-state index in [0.717, 1.165) is 4.57 Å². The van der Waals surface area contributed by atoms with E-state index in [2.05, 4.69) is 4.98 Å². The van der Waals surface area contributed by atoms with Gasteiger partial charge in [-0.05, 0) is 45.4 Å². The highest BCUT2D eigenvalue weighted by Gasteiger charge is 2.30. The van der Waals surface area contributed by atoms with E-state index in [9.17, 15) is 22.8 Å². The Bertz CT molecular complexity index is 881. The zero-order valence-electron chi connectivity index (χ0n) is 15.2. The van der Waals surface area contributed by atoms with E-state index < -0.39 is 31.1 Å². The number of alkyl halides is 3. The largest absolute Gasteiger partial charge is 0.454 e. The Morgan fingerprint density at radius 1 is 1.19 bits per heavy atom. The van der Waals surface area contributed by atoms with Crippen molar-refractivity contribution in [2.24, 2.45) is 0 Å². The minimum Gasteiger partial charge on any atom is -0.454 e. The molecule has 0 spiro atoms. The number of ether oxygens (including phenoxy) is 1. The van der Waals surface area contributed by atoms with Crippen LogP contribution < -0.4 is 0 Å². The van der Waals surface area contributed by atoms with Gasteiger partial charge in [0.2, 0.25) is 5.78 Å². The first kappa shape index (κ1) is 21.0. The summed E-state index contributed by atoms with van der Waals surface area (Å²) in [7, 11) is 0. The summed E-state index contributed by atoms with van der Waals surface area (Å²) in [5.41, 5.74) is 1.76. The van der Waals surface area contributed by atoms with E-state index in [0.29, 0.717) is 17.0 Å². The van der Waals surface area contributed by atoms with Crippen molar-refractivity contribution in [1.29, 1.82) is 0 Å². The first-order valence-electron chi connectivity index (χ1n) is 7.98. The fourth-order valence-corrected chi connectivity index (χ4v) is 3.18. The molecular weight excluding hydrogens is 385 g/mol. The van der Waals surface area contributed by atoms with Crippen LogP contribution in [0.25, 0.3) is 0 Å². The lowest BCUT2D eigenvalue weighted by Crippen LogP contribution is -2.20. The normalized spacial score (nSPS) is 11.6.